The second kappa shape index (κ2) is 5.07. The molecule has 1 amide bonds. The molecule has 0 spiro atoms. The molecule has 1 aliphatic heterocycles. The number of aliphatic hydroxyl groups is 1. The van der Waals surface area contributed by atoms with E-state index in [1.807, 2.05) is 6.92 Å². The first kappa shape index (κ1) is 10.3. The fourth-order valence-electron chi connectivity index (χ4n) is 1.26. The highest BCUT2D eigenvalue weighted by Gasteiger charge is 2.32. The van der Waals surface area contributed by atoms with Crippen molar-refractivity contribution in [3.8, 4) is 0 Å². The van der Waals surface area contributed by atoms with Crippen molar-refractivity contribution in [3.05, 3.63) is 0 Å². The summed E-state index contributed by atoms with van der Waals surface area (Å²) in [6, 6.07) is -0.00544. The van der Waals surface area contributed by atoms with Gasteiger partial charge >= 0.3 is 6.09 Å². The quantitative estimate of drug-likeness (QED) is 0.668. The maximum Gasteiger partial charge on any atom is 0.410 e. The van der Waals surface area contributed by atoms with Gasteiger partial charge in [0.25, 0.3) is 0 Å². The van der Waals surface area contributed by atoms with Crippen LogP contribution in [0.4, 0.5) is 4.79 Å². The molecule has 76 valence electrons. The predicted octanol–water partition coefficient (Wildman–Crippen LogP) is 0.990. The first-order valence-electron chi connectivity index (χ1n) is 4.83. The average Bonchev–Trinajstić information content (AvgIpc) is 2.03. The number of aliphatic hydroxyl groups excluding tert-OH is 1. The average molecular weight is 187 g/mol. The van der Waals surface area contributed by atoms with Crippen molar-refractivity contribution in [1.82, 2.24) is 4.90 Å². The van der Waals surface area contributed by atoms with Gasteiger partial charge in [0.1, 0.15) is 0 Å². The molecule has 0 saturated carbocycles. The van der Waals surface area contributed by atoms with Crippen LogP contribution in [0.3, 0.4) is 0 Å². The van der Waals surface area contributed by atoms with Gasteiger partial charge in [-0.1, -0.05) is 13.3 Å². The van der Waals surface area contributed by atoms with E-state index in [0.29, 0.717) is 6.61 Å². The smallest absolute Gasteiger partial charge is 0.410 e. The summed E-state index contributed by atoms with van der Waals surface area (Å²) >= 11 is 0. The summed E-state index contributed by atoms with van der Waals surface area (Å²) in [5.41, 5.74) is 0. The van der Waals surface area contributed by atoms with Gasteiger partial charge in [0.15, 0.2) is 0 Å². The minimum Gasteiger partial charge on any atom is -0.449 e. The zero-order chi connectivity index (χ0) is 9.68. The van der Waals surface area contributed by atoms with E-state index >= 15 is 0 Å². The Bertz CT molecular complexity index is 170. The van der Waals surface area contributed by atoms with Crippen molar-refractivity contribution < 1.29 is 14.6 Å². The Labute approximate surface area is 78.5 Å². The Morgan fingerprint density at radius 1 is 1.69 bits per heavy atom. The molecule has 1 heterocycles. The van der Waals surface area contributed by atoms with Crippen LogP contribution in [0.5, 0.6) is 0 Å². The number of carbonyl (C=O) groups excluding carboxylic acids is 1. The van der Waals surface area contributed by atoms with Crippen molar-refractivity contribution in [2.75, 3.05) is 19.8 Å². The highest BCUT2D eigenvalue weighted by Crippen LogP contribution is 2.17. The molecule has 1 fully saturated rings. The molecular formula is C9H17NO3. The fourth-order valence-corrected chi connectivity index (χ4v) is 1.26. The van der Waals surface area contributed by atoms with Crippen LogP contribution in [0, 0.1) is 0 Å². The van der Waals surface area contributed by atoms with Gasteiger partial charge in [-0.2, -0.15) is 0 Å². The van der Waals surface area contributed by atoms with E-state index < -0.39 is 0 Å². The van der Waals surface area contributed by atoms with E-state index in [1.165, 1.54) is 0 Å². The summed E-state index contributed by atoms with van der Waals surface area (Å²) in [5, 5.41) is 8.83. The zero-order valence-corrected chi connectivity index (χ0v) is 8.03. The Hall–Kier alpha value is -0.770. The minimum atomic E-state index is -0.279. The van der Waals surface area contributed by atoms with Crippen LogP contribution < -0.4 is 0 Å². The Morgan fingerprint density at radius 2 is 2.46 bits per heavy atom. The summed E-state index contributed by atoms with van der Waals surface area (Å²) in [6.45, 7) is 3.30. The van der Waals surface area contributed by atoms with Gasteiger partial charge in [0.2, 0.25) is 0 Å². The third-order valence-electron chi connectivity index (χ3n) is 2.31. The molecule has 1 aliphatic rings. The summed E-state index contributed by atoms with van der Waals surface area (Å²) in [6.07, 6.45) is 2.54. The third kappa shape index (κ3) is 2.59. The number of ether oxygens (including phenoxy) is 1. The van der Waals surface area contributed by atoms with Crippen molar-refractivity contribution in [3.63, 3.8) is 0 Å². The normalized spacial score (nSPS) is 21.1. The van der Waals surface area contributed by atoms with Gasteiger partial charge in [-0.05, 0) is 12.8 Å². The molecule has 13 heavy (non-hydrogen) atoms. The fraction of sp³-hybridized carbons (Fsp3) is 0.889. The molecule has 0 aromatic carbocycles. The van der Waals surface area contributed by atoms with Crippen LogP contribution in [0.25, 0.3) is 0 Å². The topological polar surface area (TPSA) is 49.8 Å². The molecular weight excluding hydrogens is 170 g/mol. The van der Waals surface area contributed by atoms with Crippen LogP contribution in [0.15, 0.2) is 0 Å². The summed E-state index contributed by atoms with van der Waals surface area (Å²) < 4.78 is 4.99. The van der Waals surface area contributed by atoms with Crippen molar-refractivity contribution >= 4 is 6.09 Å². The van der Waals surface area contributed by atoms with Gasteiger partial charge in [-0.15, -0.1) is 0 Å². The van der Waals surface area contributed by atoms with Gasteiger partial charge in [0.05, 0.1) is 19.3 Å². The van der Waals surface area contributed by atoms with Crippen molar-refractivity contribution in [2.45, 2.75) is 32.2 Å². The standard InChI is InChI=1S/C9H17NO3/c1-2-3-6-13-9(12)10-5-4-8(10)7-11/h8,11H,2-7H2,1H3. The molecule has 1 atom stereocenters. The maximum atomic E-state index is 11.3. The lowest BCUT2D eigenvalue weighted by Crippen LogP contribution is -2.53. The zero-order valence-electron chi connectivity index (χ0n) is 8.03. The predicted molar refractivity (Wildman–Crippen MR) is 48.5 cm³/mol. The molecule has 1 N–H and O–H groups in total. The second-order valence-electron chi connectivity index (χ2n) is 3.29. The van der Waals surface area contributed by atoms with E-state index in [4.69, 9.17) is 9.84 Å². The lowest BCUT2D eigenvalue weighted by molar-refractivity contribution is 0.0242. The van der Waals surface area contributed by atoms with E-state index in [-0.39, 0.29) is 18.7 Å². The first-order valence-corrected chi connectivity index (χ1v) is 4.83. The van der Waals surface area contributed by atoms with Gasteiger partial charge in [-0.3, -0.25) is 0 Å². The van der Waals surface area contributed by atoms with E-state index in [0.717, 1.165) is 25.8 Å². The van der Waals surface area contributed by atoms with Gasteiger partial charge in [0, 0.05) is 6.54 Å². The second-order valence-corrected chi connectivity index (χ2v) is 3.29. The number of likely N-dealkylation sites (tertiary alicyclic amines) is 1. The molecule has 1 saturated heterocycles. The maximum absolute atomic E-state index is 11.3. The minimum absolute atomic E-state index is 0.00544. The molecule has 4 heteroatoms. The van der Waals surface area contributed by atoms with Crippen LogP contribution in [-0.4, -0.2) is 41.9 Å². The van der Waals surface area contributed by atoms with Crippen LogP contribution in [0.1, 0.15) is 26.2 Å². The number of nitrogens with zero attached hydrogens (tertiary/aromatic N) is 1. The Morgan fingerprint density at radius 3 is 2.92 bits per heavy atom. The molecule has 1 rings (SSSR count). The molecule has 0 radical (unpaired) electrons. The van der Waals surface area contributed by atoms with Gasteiger partial charge in [-0.25, -0.2) is 4.79 Å². The molecule has 4 nitrogen and oxygen atoms in total. The molecule has 0 bridgehead atoms. The van der Waals surface area contributed by atoms with Crippen LogP contribution >= 0.6 is 0 Å². The number of unbranched alkanes of at least 4 members (excludes halogenated alkanes) is 1. The summed E-state index contributed by atoms with van der Waals surface area (Å²) in [4.78, 5) is 12.8. The number of rotatable bonds is 4. The summed E-state index contributed by atoms with van der Waals surface area (Å²) in [5.74, 6) is 0. The largest absolute Gasteiger partial charge is 0.449 e. The summed E-state index contributed by atoms with van der Waals surface area (Å²) in [7, 11) is 0. The van der Waals surface area contributed by atoms with E-state index in [9.17, 15) is 4.79 Å². The molecule has 1 unspecified atom stereocenters. The third-order valence-corrected chi connectivity index (χ3v) is 2.31. The number of hydrogen-bond acceptors (Lipinski definition) is 3. The SMILES string of the molecule is CCCCOC(=O)N1CCC1CO. The van der Waals surface area contributed by atoms with E-state index in [2.05, 4.69) is 0 Å². The number of hydrogen-bond donors (Lipinski definition) is 1. The Balaban J connectivity index is 2.16. The molecule has 0 aromatic rings. The number of amides is 1. The van der Waals surface area contributed by atoms with Crippen LogP contribution in [0.2, 0.25) is 0 Å². The van der Waals surface area contributed by atoms with E-state index in [1.54, 1.807) is 4.90 Å². The van der Waals surface area contributed by atoms with Crippen LogP contribution in [-0.2, 0) is 4.74 Å². The number of carbonyl (C=O) groups is 1. The van der Waals surface area contributed by atoms with Gasteiger partial charge < -0.3 is 14.7 Å². The molecule has 0 aliphatic carbocycles. The lowest BCUT2D eigenvalue weighted by Gasteiger charge is -2.38. The Kier molecular flexibility index (Phi) is 4.02. The first-order chi connectivity index (χ1) is 6.29. The van der Waals surface area contributed by atoms with Crippen molar-refractivity contribution in [2.24, 2.45) is 0 Å². The monoisotopic (exact) mass is 187 g/mol. The van der Waals surface area contributed by atoms with Crippen molar-refractivity contribution in [1.29, 1.82) is 0 Å². The highest BCUT2D eigenvalue weighted by atomic mass is 16.6. The lowest BCUT2D eigenvalue weighted by atomic mass is 10.1. The highest BCUT2D eigenvalue weighted by molar-refractivity contribution is 5.69. The molecule has 0 aromatic heterocycles.